The van der Waals surface area contributed by atoms with Crippen LogP contribution in [0.1, 0.15) is 32.1 Å². The summed E-state index contributed by atoms with van der Waals surface area (Å²) in [6.45, 7) is 11.7. The zero-order valence-corrected chi connectivity index (χ0v) is 32.7. The number of ether oxygens (including phenoxy) is 13. The lowest BCUT2D eigenvalue weighted by Crippen LogP contribution is -2.29. The van der Waals surface area contributed by atoms with Gasteiger partial charge in [-0.05, 0) is 30.6 Å². The van der Waals surface area contributed by atoms with Crippen LogP contribution in [-0.2, 0) is 66.4 Å². The number of carboxylic acids is 1. The number of carboxylic acid groups (broad SMARTS) is 1. The Balaban J connectivity index is 1.13. The molecule has 0 heterocycles. The molecule has 320 valence electrons. The first-order chi connectivity index (χ1) is 27.2. The SMILES string of the molecule is O=C(O)CCOCCOCCOCCOCCOCCOCCOCCOCCOCCOCCOCCOCCNC(=O)OCC1[C@H]2CCC#CCC[C@@H]12. The summed E-state index contributed by atoms with van der Waals surface area (Å²) < 4.78 is 70.5. The van der Waals surface area contributed by atoms with E-state index in [1.807, 2.05) is 0 Å². The number of alkyl carbamates (subject to hydrolysis) is 1. The molecule has 55 heavy (non-hydrogen) atoms. The maximum absolute atomic E-state index is 11.9. The highest BCUT2D eigenvalue weighted by molar-refractivity contribution is 5.67. The summed E-state index contributed by atoms with van der Waals surface area (Å²) in [6, 6.07) is 0. The number of carbonyl (C=O) groups is 2. The molecule has 0 aromatic heterocycles. The lowest BCUT2D eigenvalue weighted by atomic mass is 10.1. The number of hydrogen-bond acceptors (Lipinski definition) is 15. The van der Waals surface area contributed by atoms with Crippen molar-refractivity contribution in [2.24, 2.45) is 17.8 Å². The summed E-state index contributed by atoms with van der Waals surface area (Å²) in [5, 5.41) is 11.2. The van der Waals surface area contributed by atoms with E-state index in [0.717, 1.165) is 25.7 Å². The van der Waals surface area contributed by atoms with E-state index in [4.69, 9.17) is 66.7 Å². The molecule has 17 heteroatoms. The standard InChI is InChI=1S/C38H67NO16/c40-37(41)7-9-43-11-13-45-15-17-47-19-21-49-23-25-51-27-29-53-31-32-54-30-28-52-26-24-50-22-20-48-18-16-46-14-12-44-10-8-39-38(42)55-33-36-34-5-3-1-2-4-6-35(34)36/h34-36H,3-33H2,(H,39,42)(H,40,41)/t34-,35+,36?. The molecule has 1 amide bonds. The lowest BCUT2D eigenvalue weighted by molar-refractivity contribution is -0.138. The van der Waals surface area contributed by atoms with Crippen LogP contribution in [0.2, 0.25) is 0 Å². The van der Waals surface area contributed by atoms with Crippen molar-refractivity contribution in [2.75, 3.05) is 172 Å². The summed E-state index contributed by atoms with van der Waals surface area (Å²) in [5.41, 5.74) is 0. The van der Waals surface area contributed by atoms with E-state index in [1.54, 1.807) is 0 Å². The van der Waals surface area contributed by atoms with Crippen molar-refractivity contribution in [3.63, 3.8) is 0 Å². The fourth-order valence-electron chi connectivity index (χ4n) is 5.41. The molecule has 0 aromatic rings. The van der Waals surface area contributed by atoms with Gasteiger partial charge in [-0.1, -0.05) is 0 Å². The highest BCUT2D eigenvalue weighted by Crippen LogP contribution is 2.52. The number of fused-ring (bicyclic) bond motifs is 1. The van der Waals surface area contributed by atoms with E-state index in [0.29, 0.717) is 183 Å². The Morgan fingerprint density at radius 3 is 1.05 bits per heavy atom. The minimum absolute atomic E-state index is 0.00642. The monoisotopic (exact) mass is 793 g/mol. The van der Waals surface area contributed by atoms with Crippen LogP contribution in [-0.4, -0.2) is 189 Å². The van der Waals surface area contributed by atoms with Gasteiger partial charge in [-0.25, -0.2) is 4.79 Å². The van der Waals surface area contributed by atoms with Crippen molar-refractivity contribution in [2.45, 2.75) is 32.1 Å². The molecule has 2 aliphatic rings. The van der Waals surface area contributed by atoms with Crippen molar-refractivity contribution in [3.05, 3.63) is 0 Å². The van der Waals surface area contributed by atoms with Gasteiger partial charge >= 0.3 is 12.1 Å². The Labute approximate surface area is 326 Å². The number of nitrogens with one attached hydrogen (secondary N) is 1. The zero-order chi connectivity index (χ0) is 39.1. The molecular weight excluding hydrogens is 726 g/mol. The van der Waals surface area contributed by atoms with Gasteiger partial charge in [-0.2, -0.15) is 0 Å². The van der Waals surface area contributed by atoms with Crippen LogP contribution < -0.4 is 5.32 Å². The second kappa shape index (κ2) is 37.4. The van der Waals surface area contributed by atoms with E-state index in [-0.39, 0.29) is 19.1 Å². The van der Waals surface area contributed by atoms with Gasteiger partial charge in [0.05, 0.1) is 172 Å². The van der Waals surface area contributed by atoms with Crippen molar-refractivity contribution in [1.82, 2.24) is 5.32 Å². The smallest absolute Gasteiger partial charge is 0.407 e. The third-order valence-corrected chi connectivity index (χ3v) is 8.31. The molecule has 2 rings (SSSR count). The lowest BCUT2D eigenvalue weighted by Gasteiger charge is -2.09. The number of carbonyl (C=O) groups excluding carboxylic acids is 1. The summed E-state index contributed by atoms with van der Waals surface area (Å²) in [6.07, 6.45) is 3.77. The van der Waals surface area contributed by atoms with Gasteiger partial charge in [0.15, 0.2) is 0 Å². The average Bonchev–Trinajstić information content (AvgIpc) is 3.82. The van der Waals surface area contributed by atoms with Crippen molar-refractivity contribution in [1.29, 1.82) is 0 Å². The predicted molar refractivity (Wildman–Crippen MR) is 198 cm³/mol. The van der Waals surface area contributed by atoms with Crippen molar-refractivity contribution in [3.8, 4) is 11.8 Å². The molecule has 0 saturated heterocycles. The molecule has 0 spiro atoms. The van der Waals surface area contributed by atoms with Gasteiger partial charge in [-0.15, -0.1) is 11.8 Å². The Kier molecular flexibility index (Phi) is 33.3. The molecule has 0 aromatic carbocycles. The fourth-order valence-corrected chi connectivity index (χ4v) is 5.41. The minimum atomic E-state index is -0.877. The van der Waals surface area contributed by atoms with E-state index in [9.17, 15) is 9.59 Å². The Morgan fingerprint density at radius 2 is 0.745 bits per heavy atom. The molecule has 3 atom stereocenters. The van der Waals surface area contributed by atoms with Gasteiger partial charge in [0, 0.05) is 19.4 Å². The van der Waals surface area contributed by atoms with Crippen molar-refractivity contribution >= 4 is 12.1 Å². The third kappa shape index (κ3) is 31.6. The molecular formula is C38H67NO16. The fraction of sp³-hybridized carbons (Fsp3) is 0.895. The molecule has 2 N–H and O–H groups in total. The second-order valence-corrected chi connectivity index (χ2v) is 12.4. The molecule has 1 fully saturated rings. The molecule has 1 saturated carbocycles. The Bertz CT molecular complexity index is 949. The number of rotatable bonds is 41. The third-order valence-electron chi connectivity index (χ3n) is 8.31. The molecule has 0 bridgehead atoms. The van der Waals surface area contributed by atoms with Gasteiger partial charge < -0.3 is 72.0 Å². The first-order valence-electron chi connectivity index (χ1n) is 19.7. The van der Waals surface area contributed by atoms with Gasteiger partial charge in [0.1, 0.15) is 0 Å². The number of amides is 1. The van der Waals surface area contributed by atoms with Gasteiger partial charge in [0.25, 0.3) is 0 Å². The summed E-state index contributed by atoms with van der Waals surface area (Å²) >= 11 is 0. The predicted octanol–water partition coefficient (Wildman–Crippen LogP) is 1.83. The van der Waals surface area contributed by atoms with E-state index < -0.39 is 5.97 Å². The van der Waals surface area contributed by atoms with Gasteiger partial charge in [0.2, 0.25) is 0 Å². The molecule has 2 aliphatic carbocycles. The molecule has 0 aliphatic heterocycles. The van der Waals surface area contributed by atoms with Crippen LogP contribution in [0.3, 0.4) is 0 Å². The van der Waals surface area contributed by atoms with E-state index >= 15 is 0 Å². The van der Waals surface area contributed by atoms with E-state index in [1.165, 1.54) is 0 Å². The highest BCUT2D eigenvalue weighted by Gasteiger charge is 2.49. The largest absolute Gasteiger partial charge is 0.481 e. The van der Waals surface area contributed by atoms with Crippen LogP contribution in [0, 0.1) is 29.6 Å². The van der Waals surface area contributed by atoms with Crippen molar-refractivity contribution < 1.29 is 76.3 Å². The topological polar surface area (TPSA) is 186 Å². The first-order valence-corrected chi connectivity index (χ1v) is 19.7. The van der Waals surface area contributed by atoms with Crippen LogP contribution in [0.4, 0.5) is 4.79 Å². The molecule has 0 radical (unpaired) electrons. The van der Waals surface area contributed by atoms with Crippen LogP contribution in [0.15, 0.2) is 0 Å². The summed E-state index contributed by atoms with van der Waals surface area (Å²) in [7, 11) is 0. The van der Waals surface area contributed by atoms with Crippen LogP contribution in [0.5, 0.6) is 0 Å². The summed E-state index contributed by atoms with van der Waals surface area (Å²) in [4.78, 5) is 22.3. The molecule has 1 unspecified atom stereocenters. The Morgan fingerprint density at radius 1 is 0.455 bits per heavy atom. The minimum Gasteiger partial charge on any atom is -0.481 e. The zero-order valence-electron chi connectivity index (χ0n) is 32.7. The second-order valence-electron chi connectivity index (χ2n) is 12.4. The maximum Gasteiger partial charge on any atom is 0.407 e. The molecule has 17 nitrogen and oxygen atoms in total. The first kappa shape index (κ1) is 49.0. The maximum atomic E-state index is 11.9. The quantitative estimate of drug-likeness (QED) is 0.0674. The van der Waals surface area contributed by atoms with Crippen LogP contribution >= 0.6 is 0 Å². The highest BCUT2D eigenvalue weighted by atomic mass is 16.6. The Hall–Kier alpha value is -2.18. The average molecular weight is 794 g/mol. The van der Waals surface area contributed by atoms with Gasteiger partial charge in [-0.3, -0.25) is 4.79 Å². The number of aliphatic carboxylic acids is 1. The normalized spacial score (nSPS) is 17.5. The van der Waals surface area contributed by atoms with Crippen LogP contribution in [0.25, 0.3) is 0 Å². The number of hydrogen-bond donors (Lipinski definition) is 2. The summed E-state index contributed by atoms with van der Waals surface area (Å²) in [5.74, 6) is 7.34. The van der Waals surface area contributed by atoms with E-state index in [2.05, 4.69) is 17.2 Å².